The van der Waals surface area contributed by atoms with Crippen LogP contribution in [-0.2, 0) is 9.59 Å². The number of nitrogens with zero attached hydrogens (tertiary/aromatic N) is 1. The normalized spacial score (nSPS) is 12.3. The number of likely N-dealkylation sites (N-methyl/N-ethyl adjacent to an activating group) is 1. The van der Waals surface area contributed by atoms with Crippen molar-refractivity contribution in [3.8, 4) is 0 Å². The van der Waals surface area contributed by atoms with Gasteiger partial charge in [-0.25, -0.2) is 0 Å². The summed E-state index contributed by atoms with van der Waals surface area (Å²) in [6.45, 7) is 3.29. The van der Waals surface area contributed by atoms with Gasteiger partial charge in [-0.15, -0.1) is 11.6 Å². The van der Waals surface area contributed by atoms with E-state index >= 15 is 0 Å². The van der Waals surface area contributed by atoms with E-state index < -0.39 is 0 Å². The second-order valence-corrected chi connectivity index (χ2v) is 2.92. The zero-order valence-electron chi connectivity index (χ0n) is 7.63. The third kappa shape index (κ3) is 2.81. The highest BCUT2D eigenvalue weighted by molar-refractivity contribution is 6.28. The van der Waals surface area contributed by atoms with Crippen LogP contribution in [-0.4, -0.2) is 35.6 Å². The van der Waals surface area contributed by atoms with E-state index in [1.54, 1.807) is 7.05 Å². The fourth-order valence-corrected chi connectivity index (χ4v) is 1.20. The Morgan fingerprint density at radius 1 is 1.50 bits per heavy atom. The van der Waals surface area contributed by atoms with E-state index in [-0.39, 0.29) is 23.6 Å². The first-order valence-electron chi connectivity index (χ1n) is 3.86. The number of amides is 1. The lowest BCUT2D eigenvalue weighted by Crippen LogP contribution is -2.41. The first kappa shape index (κ1) is 11.4. The lowest BCUT2D eigenvalue weighted by Gasteiger charge is -2.23. The van der Waals surface area contributed by atoms with E-state index in [2.05, 4.69) is 0 Å². The molecule has 0 aliphatic rings. The zero-order chi connectivity index (χ0) is 9.72. The van der Waals surface area contributed by atoms with E-state index in [0.29, 0.717) is 6.42 Å². The number of ketones is 1. The molecule has 0 saturated heterocycles. The van der Waals surface area contributed by atoms with Gasteiger partial charge in [0.05, 0.1) is 11.9 Å². The third-order valence-corrected chi connectivity index (χ3v) is 2.12. The Bertz CT molecular complexity index is 182. The quantitative estimate of drug-likeness (QED) is 0.623. The van der Waals surface area contributed by atoms with Gasteiger partial charge >= 0.3 is 0 Å². The van der Waals surface area contributed by atoms with Gasteiger partial charge in [-0.1, -0.05) is 6.92 Å². The maximum absolute atomic E-state index is 11.2. The molecular weight excluding hydrogens is 178 g/mol. The van der Waals surface area contributed by atoms with Crippen LogP contribution in [0.5, 0.6) is 0 Å². The van der Waals surface area contributed by atoms with Gasteiger partial charge in [-0.05, 0) is 6.42 Å². The molecule has 70 valence electrons. The number of rotatable bonds is 4. The van der Waals surface area contributed by atoms with Crippen LogP contribution in [0.25, 0.3) is 0 Å². The van der Waals surface area contributed by atoms with Crippen molar-refractivity contribution in [1.29, 1.82) is 0 Å². The van der Waals surface area contributed by atoms with Gasteiger partial charge in [0.1, 0.15) is 0 Å². The lowest BCUT2D eigenvalue weighted by atomic mass is 10.1. The molecule has 1 unspecified atom stereocenters. The predicted octanol–water partition coefficient (Wildman–Crippen LogP) is 1.05. The predicted molar refractivity (Wildman–Crippen MR) is 48.3 cm³/mol. The molecule has 0 spiro atoms. The van der Waals surface area contributed by atoms with Crippen molar-refractivity contribution in [2.24, 2.45) is 0 Å². The molecular formula is C8H14ClNO2. The fraction of sp³-hybridized carbons (Fsp3) is 0.750. The van der Waals surface area contributed by atoms with Gasteiger partial charge < -0.3 is 4.90 Å². The zero-order valence-corrected chi connectivity index (χ0v) is 8.39. The monoisotopic (exact) mass is 191 g/mol. The smallest absolute Gasteiger partial charge is 0.219 e. The van der Waals surface area contributed by atoms with E-state index in [1.165, 1.54) is 11.8 Å². The van der Waals surface area contributed by atoms with Gasteiger partial charge in [-0.2, -0.15) is 0 Å². The molecule has 0 saturated carbocycles. The molecule has 0 fully saturated rings. The number of hydrogen-bond acceptors (Lipinski definition) is 2. The lowest BCUT2D eigenvalue weighted by molar-refractivity contribution is -0.135. The summed E-state index contributed by atoms with van der Waals surface area (Å²) in [5, 5.41) is 0. The Labute approximate surface area is 77.7 Å². The average molecular weight is 192 g/mol. The third-order valence-electron chi connectivity index (χ3n) is 1.85. The number of halogens is 1. The number of hydrogen-bond donors (Lipinski definition) is 0. The molecule has 1 amide bonds. The second-order valence-electron chi connectivity index (χ2n) is 2.65. The molecule has 0 N–H and O–H groups in total. The Morgan fingerprint density at radius 3 is 2.25 bits per heavy atom. The standard InChI is InChI=1S/C8H14ClNO2/c1-4-7(8(12)5-9)10(3)6(2)11/h7H,4-5H2,1-3H3. The van der Waals surface area contributed by atoms with Crippen molar-refractivity contribution in [3.63, 3.8) is 0 Å². The van der Waals surface area contributed by atoms with E-state index in [1.807, 2.05) is 6.92 Å². The van der Waals surface area contributed by atoms with Gasteiger partial charge in [0.15, 0.2) is 5.78 Å². The SMILES string of the molecule is CCC(C(=O)CCl)N(C)C(C)=O. The molecule has 0 aromatic carbocycles. The summed E-state index contributed by atoms with van der Waals surface area (Å²) >= 11 is 5.39. The molecule has 0 rings (SSSR count). The van der Waals surface area contributed by atoms with Crippen LogP contribution in [0.4, 0.5) is 0 Å². The van der Waals surface area contributed by atoms with Crippen molar-refractivity contribution in [2.45, 2.75) is 26.3 Å². The maximum Gasteiger partial charge on any atom is 0.219 e. The molecule has 1 atom stereocenters. The van der Waals surface area contributed by atoms with Crippen molar-refractivity contribution in [2.75, 3.05) is 12.9 Å². The Balaban J connectivity index is 4.33. The minimum Gasteiger partial charge on any atom is -0.336 e. The highest BCUT2D eigenvalue weighted by atomic mass is 35.5. The summed E-state index contributed by atoms with van der Waals surface area (Å²) in [7, 11) is 1.61. The van der Waals surface area contributed by atoms with E-state index in [0.717, 1.165) is 0 Å². The molecule has 0 radical (unpaired) electrons. The van der Waals surface area contributed by atoms with Crippen LogP contribution < -0.4 is 0 Å². The second kappa shape index (κ2) is 5.14. The van der Waals surface area contributed by atoms with Gasteiger partial charge in [-0.3, -0.25) is 9.59 Å². The summed E-state index contributed by atoms with van der Waals surface area (Å²) in [5.41, 5.74) is 0. The van der Waals surface area contributed by atoms with Gasteiger partial charge in [0.25, 0.3) is 0 Å². The van der Waals surface area contributed by atoms with Crippen LogP contribution in [0.2, 0.25) is 0 Å². The van der Waals surface area contributed by atoms with Crippen molar-refractivity contribution in [1.82, 2.24) is 4.90 Å². The first-order valence-corrected chi connectivity index (χ1v) is 4.40. The molecule has 12 heavy (non-hydrogen) atoms. The summed E-state index contributed by atoms with van der Waals surface area (Å²) in [5.74, 6) is -0.243. The maximum atomic E-state index is 11.2. The highest BCUT2D eigenvalue weighted by Crippen LogP contribution is 2.04. The summed E-state index contributed by atoms with van der Waals surface area (Å²) in [6.07, 6.45) is 0.613. The van der Waals surface area contributed by atoms with Gasteiger partial charge in [0.2, 0.25) is 5.91 Å². The average Bonchev–Trinajstić information content (AvgIpc) is 2.05. The largest absolute Gasteiger partial charge is 0.336 e. The Hall–Kier alpha value is -0.570. The summed E-state index contributed by atoms with van der Waals surface area (Å²) < 4.78 is 0. The van der Waals surface area contributed by atoms with Gasteiger partial charge in [0, 0.05) is 14.0 Å². The highest BCUT2D eigenvalue weighted by Gasteiger charge is 2.21. The van der Waals surface area contributed by atoms with Crippen molar-refractivity contribution in [3.05, 3.63) is 0 Å². The minimum absolute atomic E-state index is 0.0316. The van der Waals surface area contributed by atoms with E-state index in [9.17, 15) is 9.59 Å². The van der Waals surface area contributed by atoms with Crippen LogP contribution in [0.1, 0.15) is 20.3 Å². The Kier molecular flexibility index (Phi) is 4.90. The Morgan fingerprint density at radius 2 is 2.00 bits per heavy atom. The van der Waals surface area contributed by atoms with E-state index in [4.69, 9.17) is 11.6 Å². The topological polar surface area (TPSA) is 37.4 Å². The number of carbonyl (C=O) groups is 2. The number of Topliss-reactive ketones (excluding diaryl/α,β-unsaturated/α-hetero) is 1. The van der Waals surface area contributed by atoms with Crippen LogP contribution in [0.15, 0.2) is 0 Å². The molecule has 3 nitrogen and oxygen atoms in total. The molecule has 0 aliphatic carbocycles. The molecule has 0 aliphatic heterocycles. The van der Waals surface area contributed by atoms with Crippen LogP contribution in [0.3, 0.4) is 0 Å². The van der Waals surface area contributed by atoms with Crippen molar-refractivity contribution >= 4 is 23.3 Å². The fourth-order valence-electron chi connectivity index (χ4n) is 1.03. The van der Waals surface area contributed by atoms with Crippen LogP contribution in [0, 0.1) is 0 Å². The summed E-state index contributed by atoms with van der Waals surface area (Å²) in [6, 6.07) is -0.361. The molecule has 0 aromatic rings. The molecule has 0 bridgehead atoms. The number of carbonyl (C=O) groups excluding carboxylic acids is 2. The number of alkyl halides is 1. The summed E-state index contributed by atoms with van der Waals surface area (Å²) in [4.78, 5) is 23.5. The first-order chi connectivity index (χ1) is 5.54. The molecule has 0 aromatic heterocycles. The van der Waals surface area contributed by atoms with Crippen molar-refractivity contribution < 1.29 is 9.59 Å². The molecule has 0 heterocycles. The van der Waals surface area contributed by atoms with Crippen LogP contribution >= 0.6 is 11.6 Å². The minimum atomic E-state index is -0.361. The molecule has 4 heteroatoms.